The molecule has 0 radical (unpaired) electrons. The Hall–Kier alpha value is -0.470. The zero-order valence-electron chi connectivity index (χ0n) is 6.34. The maximum atomic E-state index is 10.5. The molecule has 13 heavy (non-hydrogen) atoms. The van der Waals surface area contributed by atoms with Crippen LogP contribution in [0.4, 0.5) is 0 Å². The molecule has 0 unspecified atom stereocenters. The second-order valence-corrected chi connectivity index (χ2v) is 4.43. The fourth-order valence-electron chi connectivity index (χ4n) is 0.456. The highest BCUT2D eigenvalue weighted by Crippen LogP contribution is 2.31. The molecule has 8 nitrogen and oxygen atoms in total. The van der Waals surface area contributed by atoms with Gasteiger partial charge in [0.2, 0.25) is 16.8 Å². The van der Waals surface area contributed by atoms with Crippen molar-refractivity contribution in [3.63, 3.8) is 0 Å². The van der Waals surface area contributed by atoms with E-state index in [1.54, 1.807) is 0 Å². The van der Waals surface area contributed by atoms with Gasteiger partial charge in [-0.1, -0.05) is 0 Å². The number of hydrogen-bond acceptors (Lipinski definition) is 5. The lowest BCUT2D eigenvalue weighted by Gasteiger charge is -2.04. The molecule has 0 heterocycles. The third-order valence-electron chi connectivity index (χ3n) is 0.819. The van der Waals surface area contributed by atoms with Crippen LogP contribution in [-0.4, -0.2) is 36.9 Å². The molecule has 0 aromatic heterocycles. The van der Waals surface area contributed by atoms with Gasteiger partial charge in [0.1, 0.15) is 0 Å². The van der Waals surface area contributed by atoms with E-state index >= 15 is 0 Å². The van der Waals surface area contributed by atoms with E-state index in [1.165, 1.54) is 4.72 Å². The molecule has 0 saturated heterocycles. The molecule has 0 aliphatic rings. The summed E-state index contributed by atoms with van der Waals surface area (Å²) in [7, 11) is -7.22. The third kappa shape index (κ3) is 9.44. The van der Waals surface area contributed by atoms with Gasteiger partial charge in [0.15, 0.2) is 0 Å². The summed E-state index contributed by atoms with van der Waals surface area (Å²) in [5.74, 6) is -0.871. The standard InChI is InChI=1S/C3H9N2O6PS/c6-3(5-13(10)11)1-4-2-12(7,8)9/h4,13H,1-2H2,(H2,7,8,9)(H,5,6,10,11). The van der Waals surface area contributed by atoms with E-state index in [-0.39, 0.29) is 0 Å². The number of thiol groups is 1. The van der Waals surface area contributed by atoms with Crippen LogP contribution in [0.25, 0.3) is 0 Å². The Balaban J connectivity index is 3.66. The molecule has 0 spiro atoms. The minimum absolute atomic E-state index is 0.464. The van der Waals surface area contributed by atoms with Crippen LogP contribution in [0.15, 0.2) is 0 Å². The summed E-state index contributed by atoms with van der Waals surface area (Å²) >= 11 is 0. The summed E-state index contributed by atoms with van der Waals surface area (Å²) in [6.45, 7) is -0.464. The molecule has 1 amide bonds. The molecule has 0 bridgehead atoms. The van der Waals surface area contributed by atoms with Crippen molar-refractivity contribution in [3.05, 3.63) is 0 Å². The Morgan fingerprint density at radius 1 is 1.38 bits per heavy atom. The van der Waals surface area contributed by atoms with Crippen molar-refractivity contribution in [2.24, 2.45) is 0 Å². The monoisotopic (exact) mass is 232 g/mol. The van der Waals surface area contributed by atoms with Gasteiger partial charge in [-0.15, -0.1) is 0 Å². The molecule has 4 N–H and O–H groups in total. The minimum atomic E-state index is -4.20. The molecule has 78 valence electrons. The van der Waals surface area contributed by atoms with E-state index in [2.05, 4.69) is 5.32 Å². The van der Waals surface area contributed by atoms with Crippen molar-refractivity contribution in [2.75, 3.05) is 12.8 Å². The molecule has 0 rings (SSSR count). The Bertz CT molecular complexity index is 286. The van der Waals surface area contributed by atoms with E-state index < -0.39 is 37.2 Å². The maximum absolute atomic E-state index is 10.5. The fraction of sp³-hybridized carbons (Fsp3) is 0.667. The first-order valence-corrected chi connectivity index (χ1v) is 5.98. The third-order valence-corrected chi connectivity index (χ3v) is 1.89. The van der Waals surface area contributed by atoms with Gasteiger partial charge in [-0.3, -0.25) is 19.4 Å². The van der Waals surface area contributed by atoms with Crippen molar-refractivity contribution in [2.45, 2.75) is 0 Å². The van der Waals surface area contributed by atoms with Crippen LogP contribution >= 0.6 is 7.60 Å². The van der Waals surface area contributed by atoms with Gasteiger partial charge < -0.3 is 9.79 Å². The van der Waals surface area contributed by atoms with Crippen LogP contribution in [0.1, 0.15) is 0 Å². The quantitative estimate of drug-likeness (QED) is 0.258. The number of hydrogen-bond donors (Lipinski definition) is 5. The number of nitrogens with one attached hydrogen (secondary N) is 2. The summed E-state index contributed by atoms with van der Waals surface area (Å²) in [5, 5.41) is 2.09. The molecule has 10 heteroatoms. The normalized spacial score (nSPS) is 11.6. The van der Waals surface area contributed by atoms with Crippen LogP contribution in [-0.2, 0) is 20.2 Å². The Labute approximate surface area is 75.6 Å². The molecule has 0 atom stereocenters. The van der Waals surface area contributed by atoms with Gasteiger partial charge in [-0.25, -0.2) is 8.42 Å². The van der Waals surface area contributed by atoms with Crippen LogP contribution in [0.2, 0.25) is 0 Å². The highest BCUT2D eigenvalue weighted by Gasteiger charge is 2.12. The van der Waals surface area contributed by atoms with E-state index in [0.29, 0.717) is 0 Å². The van der Waals surface area contributed by atoms with Crippen LogP contribution in [0.3, 0.4) is 0 Å². The van der Waals surface area contributed by atoms with Crippen molar-refractivity contribution < 1.29 is 27.6 Å². The summed E-state index contributed by atoms with van der Waals surface area (Å²) < 4.78 is 31.5. The predicted octanol–water partition coefficient (Wildman–Crippen LogP) is -2.65. The van der Waals surface area contributed by atoms with Gasteiger partial charge in [0.05, 0.1) is 12.8 Å². The SMILES string of the molecule is O=C(CNCP(=O)(O)O)N[SH](=O)=O. The van der Waals surface area contributed by atoms with Crippen LogP contribution < -0.4 is 10.0 Å². The molecule has 0 aliphatic heterocycles. The van der Waals surface area contributed by atoms with Crippen LogP contribution in [0.5, 0.6) is 0 Å². The van der Waals surface area contributed by atoms with Gasteiger partial charge in [-0.05, 0) is 0 Å². The topological polar surface area (TPSA) is 133 Å². The van der Waals surface area contributed by atoms with Crippen LogP contribution in [0, 0.1) is 0 Å². The van der Waals surface area contributed by atoms with E-state index in [0.717, 1.165) is 0 Å². The second-order valence-electron chi connectivity index (χ2n) is 2.04. The lowest BCUT2D eigenvalue weighted by atomic mass is 10.6. The summed E-state index contributed by atoms with van der Waals surface area (Å²) in [6, 6.07) is 0. The summed E-state index contributed by atoms with van der Waals surface area (Å²) in [6.07, 6.45) is -0.671. The largest absolute Gasteiger partial charge is 0.339 e. The Morgan fingerprint density at radius 2 is 1.92 bits per heavy atom. The zero-order valence-corrected chi connectivity index (χ0v) is 8.12. The van der Waals surface area contributed by atoms with E-state index in [1.807, 2.05) is 0 Å². The smallest absolute Gasteiger partial charge is 0.324 e. The highest BCUT2D eigenvalue weighted by atomic mass is 32.2. The summed E-state index contributed by atoms with van der Waals surface area (Å²) in [5.41, 5.74) is 0. The molecular weight excluding hydrogens is 223 g/mol. The minimum Gasteiger partial charge on any atom is -0.324 e. The van der Waals surface area contributed by atoms with Gasteiger partial charge >= 0.3 is 7.60 Å². The molecule has 0 saturated carbocycles. The number of carbonyl (C=O) groups is 1. The molecule has 0 fully saturated rings. The van der Waals surface area contributed by atoms with Gasteiger partial charge in [0, 0.05) is 0 Å². The maximum Gasteiger partial charge on any atom is 0.339 e. The first-order valence-electron chi connectivity index (χ1n) is 3.00. The number of amides is 1. The van der Waals surface area contributed by atoms with Crippen molar-refractivity contribution in [3.8, 4) is 0 Å². The number of rotatable bonds is 5. The van der Waals surface area contributed by atoms with Crippen molar-refractivity contribution in [1.29, 1.82) is 0 Å². The zero-order chi connectivity index (χ0) is 10.5. The van der Waals surface area contributed by atoms with E-state index in [9.17, 15) is 17.8 Å². The summed E-state index contributed by atoms with van der Waals surface area (Å²) in [4.78, 5) is 27.1. The highest BCUT2D eigenvalue weighted by molar-refractivity contribution is 7.71. The average Bonchev–Trinajstić information content (AvgIpc) is 1.81. The van der Waals surface area contributed by atoms with Gasteiger partial charge in [0.25, 0.3) is 0 Å². The molecular formula is C3H9N2O6PS. The van der Waals surface area contributed by atoms with Crippen molar-refractivity contribution in [1.82, 2.24) is 10.0 Å². The molecule has 0 aromatic carbocycles. The predicted molar refractivity (Wildman–Crippen MR) is 43.4 cm³/mol. The van der Waals surface area contributed by atoms with Crippen molar-refractivity contribution >= 4 is 24.4 Å². The lowest BCUT2D eigenvalue weighted by Crippen LogP contribution is -2.33. The number of carbonyl (C=O) groups excluding carboxylic acids is 1. The fourth-order valence-corrected chi connectivity index (χ4v) is 1.14. The average molecular weight is 232 g/mol. The molecule has 0 aliphatic carbocycles. The Morgan fingerprint density at radius 3 is 2.31 bits per heavy atom. The Kier molecular flexibility index (Phi) is 5.11. The van der Waals surface area contributed by atoms with E-state index in [4.69, 9.17) is 9.79 Å². The molecule has 0 aromatic rings. The second kappa shape index (κ2) is 5.30. The van der Waals surface area contributed by atoms with Gasteiger partial charge in [-0.2, -0.15) is 0 Å². The first kappa shape index (κ1) is 12.5. The first-order chi connectivity index (χ1) is 5.81. The lowest BCUT2D eigenvalue weighted by molar-refractivity contribution is -0.118.